The molecule has 28 heavy (non-hydrogen) atoms. The Kier molecular flexibility index (Phi) is 6.47. The third-order valence-corrected chi connectivity index (χ3v) is 4.99. The van der Waals surface area contributed by atoms with Gasteiger partial charge in [-0.25, -0.2) is 4.68 Å². The maximum absolute atomic E-state index is 13.0. The Morgan fingerprint density at radius 1 is 1.11 bits per heavy atom. The number of anilines is 1. The van der Waals surface area contributed by atoms with Gasteiger partial charge < -0.3 is 5.32 Å². The van der Waals surface area contributed by atoms with Gasteiger partial charge >= 0.3 is 0 Å². The van der Waals surface area contributed by atoms with Crippen LogP contribution < -0.4 is 10.9 Å². The van der Waals surface area contributed by atoms with E-state index in [9.17, 15) is 9.59 Å². The van der Waals surface area contributed by atoms with E-state index < -0.39 is 0 Å². The van der Waals surface area contributed by atoms with Gasteiger partial charge in [0, 0.05) is 11.9 Å². The second kappa shape index (κ2) is 9.02. The maximum atomic E-state index is 13.0. The van der Waals surface area contributed by atoms with E-state index in [2.05, 4.69) is 17.3 Å². The number of hydrogen-bond donors (Lipinski definition) is 1. The normalized spacial score (nSPS) is 11.0. The van der Waals surface area contributed by atoms with Crippen LogP contribution in [0.4, 0.5) is 5.69 Å². The number of halogens is 1. The molecule has 1 amide bonds. The van der Waals surface area contributed by atoms with Crippen LogP contribution in [0.15, 0.2) is 47.3 Å². The van der Waals surface area contributed by atoms with Crippen molar-refractivity contribution in [2.24, 2.45) is 0 Å². The van der Waals surface area contributed by atoms with Gasteiger partial charge in [0.05, 0.1) is 16.1 Å². The Morgan fingerprint density at radius 3 is 2.57 bits per heavy atom. The van der Waals surface area contributed by atoms with Gasteiger partial charge in [0.1, 0.15) is 0 Å². The lowest BCUT2D eigenvalue weighted by Gasteiger charge is -2.12. The van der Waals surface area contributed by atoms with Crippen LogP contribution in [0.5, 0.6) is 0 Å². The average molecular weight is 398 g/mol. The van der Waals surface area contributed by atoms with Crippen LogP contribution >= 0.6 is 11.6 Å². The van der Waals surface area contributed by atoms with E-state index in [1.54, 1.807) is 36.4 Å². The van der Waals surface area contributed by atoms with Crippen molar-refractivity contribution in [3.63, 3.8) is 0 Å². The lowest BCUT2D eigenvalue weighted by atomic mass is 10.1. The van der Waals surface area contributed by atoms with Gasteiger partial charge in [0.2, 0.25) is 0 Å². The summed E-state index contributed by atoms with van der Waals surface area (Å²) in [6.45, 7) is 4.56. The molecule has 3 aromatic rings. The minimum atomic E-state index is -0.385. The highest BCUT2D eigenvalue weighted by Crippen LogP contribution is 2.24. The first kappa shape index (κ1) is 20.1. The summed E-state index contributed by atoms with van der Waals surface area (Å²) in [5.74, 6) is -0.385. The lowest BCUT2D eigenvalue weighted by Crippen LogP contribution is -2.27. The van der Waals surface area contributed by atoms with E-state index in [0.717, 1.165) is 31.2 Å². The third-order valence-electron chi connectivity index (χ3n) is 4.68. The molecule has 0 unspecified atom stereocenters. The van der Waals surface area contributed by atoms with Crippen molar-refractivity contribution >= 4 is 34.0 Å². The highest BCUT2D eigenvalue weighted by molar-refractivity contribution is 6.34. The fourth-order valence-electron chi connectivity index (χ4n) is 3.15. The number of unbranched alkanes of at least 4 members (excludes halogenated alkanes) is 3. The summed E-state index contributed by atoms with van der Waals surface area (Å²) in [7, 11) is 0. The standard InChI is InChI=1S/C22H24ClN3O2/c1-3-4-5-8-13-26-22(28)17-10-7-6-9-16(17)20(25-26)21(27)24-19-12-11-15(2)14-18(19)23/h6-7,9-12,14H,3-5,8,13H2,1-2H3,(H,24,27). The quantitative estimate of drug-likeness (QED) is 0.558. The van der Waals surface area contributed by atoms with E-state index in [1.165, 1.54) is 4.68 Å². The van der Waals surface area contributed by atoms with Crippen LogP contribution in [-0.2, 0) is 6.54 Å². The number of benzene rings is 2. The molecule has 0 radical (unpaired) electrons. The van der Waals surface area contributed by atoms with E-state index in [4.69, 9.17) is 11.6 Å². The molecule has 2 aromatic carbocycles. The first-order valence-corrected chi connectivity index (χ1v) is 9.96. The number of rotatable bonds is 7. The van der Waals surface area contributed by atoms with Gasteiger partial charge in [0.15, 0.2) is 5.69 Å². The summed E-state index contributed by atoms with van der Waals surface area (Å²) >= 11 is 6.24. The van der Waals surface area contributed by atoms with Crippen LogP contribution in [0.2, 0.25) is 5.02 Å². The molecule has 1 N–H and O–H groups in total. The fourth-order valence-corrected chi connectivity index (χ4v) is 3.43. The molecular weight excluding hydrogens is 374 g/mol. The van der Waals surface area contributed by atoms with Crippen molar-refractivity contribution < 1.29 is 4.79 Å². The third kappa shape index (κ3) is 4.42. The maximum Gasteiger partial charge on any atom is 0.276 e. The summed E-state index contributed by atoms with van der Waals surface area (Å²) < 4.78 is 1.41. The minimum absolute atomic E-state index is 0.169. The number of hydrogen-bond acceptors (Lipinski definition) is 3. The van der Waals surface area contributed by atoms with E-state index >= 15 is 0 Å². The molecule has 0 aliphatic heterocycles. The van der Waals surface area contributed by atoms with Crippen LogP contribution in [0, 0.1) is 6.92 Å². The van der Waals surface area contributed by atoms with Gasteiger partial charge in [-0.1, -0.05) is 62.1 Å². The molecule has 146 valence electrons. The summed E-state index contributed by atoms with van der Waals surface area (Å²) in [4.78, 5) is 25.7. The van der Waals surface area contributed by atoms with Gasteiger partial charge in [-0.15, -0.1) is 0 Å². The van der Waals surface area contributed by atoms with Crippen molar-refractivity contribution in [3.8, 4) is 0 Å². The molecule has 1 heterocycles. The van der Waals surface area contributed by atoms with E-state index in [1.807, 2.05) is 13.0 Å². The molecule has 0 saturated heterocycles. The predicted octanol–water partition coefficient (Wildman–Crippen LogP) is 5.19. The van der Waals surface area contributed by atoms with Crippen LogP contribution in [-0.4, -0.2) is 15.7 Å². The van der Waals surface area contributed by atoms with Gasteiger partial charge in [0.25, 0.3) is 11.5 Å². The monoisotopic (exact) mass is 397 g/mol. The Bertz CT molecular complexity index is 1060. The van der Waals surface area contributed by atoms with Crippen molar-refractivity contribution in [3.05, 3.63) is 69.1 Å². The first-order chi connectivity index (χ1) is 13.5. The van der Waals surface area contributed by atoms with Crippen molar-refractivity contribution in [1.82, 2.24) is 9.78 Å². The topological polar surface area (TPSA) is 64.0 Å². The predicted molar refractivity (Wildman–Crippen MR) is 114 cm³/mol. The van der Waals surface area contributed by atoms with Gasteiger partial charge in [-0.2, -0.15) is 5.10 Å². The molecule has 0 spiro atoms. The summed E-state index contributed by atoms with van der Waals surface area (Å²) in [6.07, 6.45) is 4.11. The number of nitrogens with one attached hydrogen (secondary N) is 1. The number of aryl methyl sites for hydroxylation is 2. The molecule has 0 bridgehead atoms. The van der Waals surface area contributed by atoms with Crippen LogP contribution in [0.25, 0.3) is 10.8 Å². The second-order valence-corrected chi connectivity index (χ2v) is 7.33. The molecule has 6 heteroatoms. The Morgan fingerprint density at radius 2 is 1.86 bits per heavy atom. The SMILES string of the molecule is CCCCCCn1nc(C(=O)Nc2ccc(C)cc2Cl)c2ccccc2c1=O. The minimum Gasteiger partial charge on any atom is -0.319 e. The summed E-state index contributed by atoms with van der Waals surface area (Å²) in [5.41, 5.74) is 1.58. The highest BCUT2D eigenvalue weighted by Gasteiger charge is 2.17. The van der Waals surface area contributed by atoms with Crippen LogP contribution in [0.3, 0.4) is 0 Å². The number of fused-ring (bicyclic) bond motifs is 1. The fraction of sp³-hybridized carbons (Fsp3) is 0.318. The molecule has 1 aromatic heterocycles. The lowest BCUT2D eigenvalue weighted by molar-refractivity contribution is 0.102. The second-order valence-electron chi connectivity index (χ2n) is 6.92. The van der Waals surface area contributed by atoms with Crippen molar-refractivity contribution in [2.75, 3.05) is 5.32 Å². The molecular formula is C22H24ClN3O2. The average Bonchev–Trinajstić information content (AvgIpc) is 2.69. The van der Waals surface area contributed by atoms with Gasteiger partial charge in [-0.05, 0) is 37.1 Å². The summed E-state index contributed by atoms with van der Waals surface area (Å²) in [5, 5.41) is 8.71. The molecule has 0 aliphatic rings. The molecule has 0 aliphatic carbocycles. The molecule has 0 saturated carbocycles. The van der Waals surface area contributed by atoms with Gasteiger partial charge in [-0.3, -0.25) is 9.59 Å². The van der Waals surface area contributed by atoms with Crippen LogP contribution in [0.1, 0.15) is 48.7 Å². The zero-order valence-electron chi connectivity index (χ0n) is 16.2. The van der Waals surface area contributed by atoms with Crippen molar-refractivity contribution in [1.29, 1.82) is 0 Å². The largest absolute Gasteiger partial charge is 0.319 e. The number of aromatic nitrogens is 2. The molecule has 5 nitrogen and oxygen atoms in total. The van der Waals surface area contributed by atoms with E-state index in [0.29, 0.717) is 28.0 Å². The first-order valence-electron chi connectivity index (χ1n) is 9.58. The van der Waals surface area contributed by atoms with E-state index in [-0.39, 0.29) is 17.2 Å². The summed E-state index contributed by atoms with van der Waals surface area (Å²) in [6, 6.07) is 12.5. The zero-order valence-corrected chi connectivity index (χ0v) is 16.9. The molecule has 0 fully saturated rings. The Balaban J connectivity index is 1.97. The number of amides is 1. The Labute approximate surface area is 169 Å². The number of carbonyl (C=O) groups is 1. The van der Waals surface area contributed by atoms with Crippen molar-refractivity contribution in [2.45, 2.75) is 46.1 Å². The smallest absolute Gasteiger partial charge is 0.276 e. The number of carbonyl (C=O) groups excluding carboxylic acids is 1. The molecule has 0 atom stereocenters. The molecule has 3 rings (SSSR count). The zero-order chi connectivity index (χ0) is 20.1. The highest BCUT2D eigenvalue weighted by atomic mass is 35.5. The number of nitrogens with zero attached hydrogens (tertiary/aromatic N) is 2. The Hall–Kier alpha value is -2.66.